The van der Waals surface area contributed by atoms with Crippen LogP contribution in [0.2, 0.25) is 0 Å². The third kappa shape index (κ3) is 3.96. The number of benzene rings is 2. The number of rotatable bonds is 5. The molecule has 0 radical (unpaired) electrons. The molecule has 0 aliphatic heterocycles. The number of aryl methyl sites for hydroxylation is 4. The molecular weight excluding hydrogens is 352 g/mol. The fraction of sp³-hybridized carbons (Fsp3) is 0.375. The lowest BCUT2D eigenvalue weighted by Gasteiger charge is -2.12. The van der Waals surface area contributed by atoms with Crippen molar-refractivity contribution in [2.24, 2.45) is 7.05 Å². The monoisotopic (exact) mass is 382 g/mol. The Hall–Kier alpha value is -2.06. The molecule has 0 N–H and O–H groups in total. The molecule has 2 nitrogen and oxygen atoms in total. The van der Waals surface area contributed by atoms with Crippen LogP contribution in [0, 0.1) is 20.8 Å². The fourth-order valence-corrected chi connectivity index (χ4v) is 4.24. The molecule has 0 saturated heterocycles. The van der Waals surface area contributed by atoms with Gasteiger partial charge in [0.1, 0.15) is 5.52 Å². The number of allylic oxidation sites excluding steroid dienone is 2. The standard InChI is InChI=1S/C24H30N2.ClH/c1-7-10-19(11-8-2)24-21-13-9-12-20(23(21)25-26(24)6)22-17(4)14-16(3)15-18(22)5;/h9-10,12-15H,7-8,11H2,1-6H3;1H/b19-10+;. The Bertz CT molecular complexity index is 956. The van der Waals surface area contributed by atoms with Crippen molar-refractivity contribution in [1.29, 1.82) is 0 Å². The number of nitrogens with zero attached hydrogens (tertiary/aromatic N) is 2. The van der Waals surface area contributed by atoms with Crippen LogP contribution in [0.3, 0.4) is 0 Å². The number of halogens is 1. The summed E-state index contributed by atoms with van der Waals surface area (Å²) in [5, 5.41) is 6.22. The van der Waals surface area contributed by atoms with Gasteiger partial charge in [-0.25, -0.2) is 0 Å². The lowest BCUT2D eigenvalue weighted by molar-refractivity contribution is 0.760. The van der Waals surface area contributed by atoms with Gasteiger partial charge in [-0.15, -0.1) is 12.4 Å². The van der Waals surface area contributed by atoms with Gasteiger partial charge in [-0.1, -0.05) is 62.2 Å². The molecule has 0 saturated carbocycles. The lowest BCUT2D eigenvalue weighted by Crippen LogP contribution is -1.98. The lowest BCUT2D eigenvalue weighted by atomic mass is 9.92. The summed E-state index contributed by atoms with van der Waals surface area (Å²) in [6.45, 7) is 11.0. The number of hydrogen-bond donors (Lipinski definition) is 0. The molecule has 2 aromatic carbocycles. The van der Waals surface area contributed by atoms with Crippen LogP contribution >= 0.6 is 12.4 Å². The Morgan fingerprint density at radius 1 is 1.07 bits per heavy atom. The van der Waals surface area contributed by atoms with E-state index in [4.69, 9.17) is 5.10 Å². The molecular formula is C24H31ClN2. The highest BCUT2D eigenvalue weighted by molar-refractivity contribution is 6.00. The highest BCUT2D eigenvalue weighted by Gasteiger charge is 2.17. The predicted molar refractivity (Wildman–Crippen MR) is 121 cm³/mol. The minimum atomic E-state index is 0. The first-order valence-corrected chi connectivity index (χ1v) is 9.71. The van der Waals surface area contributed by atoms with E-state index in [2.05, 4.69) is 82.8 Å². The number of fused-ring (bicyclic) bond motifs is 1. The maximum absolute atomic E-state index is 4.96. The molecule has 0 unspecified atom stereocenters. The average molecular weight is 383 g/mol. The molecule has 27 heavy (non-hydrogen) atoms. The predicted octanol–water partition coefficient (Wildman–Crippen LogP) is 7.18. The van der Waals surface area contributed by atoms with Gasteiger partial charge in [0.2, 0.25) is 0 Å². The van der Waals surface area contributed by atoms with Gasteiger partial charge in [0, 0.05) is 18.0 Å². The molecule has 0 spiro atoms. The molecule has 1 aromatic heterocycles. The molecule has 0 fully saturated rings. The van der Waals surface area contributed by atoms with Crippen molar-refractivity contribution in [3.63, 3.8) is 0 Å². The molecule has 0 atom stereocenters. The summed E-state index contributed by atoms with van der Waals surface area (Å²) >= 11 is 0. The first-order valence-electron chi connectivity index (χ1n) is 9.71. The fourth-order valence-electron chi connectivity index (χ4n) is 4.24. The average Bonchev–Trinajstić information content (AvgIpc) is 2.90. The van der Waals surface area contributed by atoms with Gasteiger partial charge in [0.15, 0.2) is 0 Å². The van der Waals surface area contributed by atoms with Gasteiger partial charge < -0.3 is 0 Å². The summed E-state index contributed by atoms with van der Waals surface area (Å²) in [5.41, 5.74) is 10.3. The highest BCUT2D eigenvalue weighted by Crippen LogP contribution is 2.36. The van der Waals surface area contributed by atoms with Gasteiger partial charge >= 0.3 is 0 Å². The first-order chi connectivity index (χ1) is 12.5. The molecule has 0 bridgehead atoms. The third-order valence-electron chi connectivity index (χ3n) is 5.09. The maximum atomic E-state index is 4.96. The second kappa shape index (κ2) is 8.75. The molecule has 144 valence electrons. The molecule has 3 aromatic rings. The smallest absolute Gasteiger partial charge is 0.101 e. The molecule has 0 aliphatic rings. The van der Waals surface area contributed by atoms with E-state index in [1.165, 1.54) is 44.5 Å². The zero-order valence-electron chi connectivity index (χ0n) is 17.4. The topological polar surface area (TPSA) is 17.8 Å². The van der Waals surface area contributed by atoms with Crippen LogP contribution in [-0.2, 0) is 7.05 Å². The highest BCUT2D eigenvalue weighted by atomic mass is 35.5. The van der Waals surface area contributed by atoms with Gasteiger partial charge in [-0.3, -0.25) is 4.68 Å². The zero-order valence-corrected chi connectivity index (χ0v) is 18.2. The summed E-state index contributed by atoms with van der Waals surface area (Å²) in [6.07, 6.45) is 5.65. The van der Waals surface area contributed by atoms with Crippen molar-refractivity contribution in [1.82, 2.24) is 9.78 Å². The molecule has 3 heteroatoms. The third-order valence-corrected chi connectivity index (χ3v) is 5.09. The van der Waals surface area contributed by atoms with Crippen molar-refractivity contribution in [2.75, 3.05) is 0 Å². The number of aromatic nitrogens is 2. The van der Waals surface area contributed by atoms with Gasteiger partial charge in [-0.05, 0) is 55.9 Å². The van der Waals surface area contributed by atoms with Crippen molar-refractivity contribution in [3.8, 4) is 11.1 Å². The summed E-state index contributed by atoms with van der Waals surface area (Å²) in [4.78, 5) is 0. The maximum Gasteiger partial charge on any atom is 0.101 e. The normalized spacial score (nSPS) is 11.7. The largest absolute Gasteiger partial charge is 0.267 e. The Labute approximate surface area is 169 Å². The molecule has 1 heterocycles. The Balaban J connectivity index is 0.00000261. The van der Waals surface area contributed by atoms with E-state index in [1.54, 1.807) is 0 Å². The van der Waals surface area contributed by atoms with Gasteiger partial charge in [0.05, 0.1) is 5.69 Å². The van der Waals surface area contributed by atoms with Crippen LogP contribution in [0.4, 0.5) is 0 Å². The summed E-state index contributed by atoms with van der Waals surface area (Å²) in [7, 11) is 2.08. The minimum absolute atomic E-state index is 0. The van der Waals surface area contributed by atoms with Crippen LogP contribution < -0.4 is 0 Å². The van der Waals surface area contributed by atoms with Crippen LogP contribution in [0.15, 0.2) is 36.4 Å². The van der Waals surface area contributed by atoms with Crippen LogP contribution in [-0.4, -0.2) is 9.78 Å². The van der Waals surface area contributed by atoms with E-state index < -0.39 is 0 Å². The van der Waals surface area contributed by atoms with E-state index in [0.717, 1.165) is 24.8 Å². The molecule has 0 amide bonds. The zero-order chi connectivity index (χ0) is 18.8. The van der Waals surface area contributed by atoms with E-state index in [0.29, 0.717) is 0 Å². The summed E-state index contributed by atoms with van der Waals surface area (Å²) in [5.74, 6) is 0. The Kier molecular flexibility index (Phi) is 6.89. The quantitative estimate of drug-likeness (QED) is 0.456. The van der Waals surface area contributed by atoms with Gasteiger partial charge in [0.25, 0.3) is 0 Å². The van der Waals surface area contributed by atoms with Crippen LogP contribution in [0.5, 0.6) is 0 Å². The second-order valence-electron chi connectivity index (χ2n) is 7.34. The van der Waals surface area contributed by atoms with E-state index in [-0.39, 0.29) is 12.4 Å². The Morgan fingerprint density at radius 3 is 2.33 bits per heavy atom. The SMILES string of the molecule is CC/C=C(\CCC)c1c2cccc(-c3c(C)cc(C)cc3C)c2nn1C.Cl. The van der Waals surface area contributed by atoms with Crippen molar-refractivity contribution in [3.05, 3.63) is 58.8 Å². The van der Waals surface area contributed by atoms with E-state index in [1.807, 2.05) is 0 Å². The first kappa shape index (κ1) is 21.2. The summed E-state index contributed by atoms with van der Waals surface area (Å²) in [6, 6.07) is 11.2. The van der Waals surface area contributed by atoms with Crippen LogP contribution in [0.25, 0.3) is 27.6 Å². The van der Waals surface area contributed by atoms with Gasteiger partial charge in [-0.2, -0.15) is 5.10 Å². The summed E-state index contributed by atoms with van der Waals surface area (Å²) < 4.78 is 2.07. The molecule has 3 rings (SSSR count). The number of hydrogen-bond acceptors (Lipinski definition) is 1. The molecule has 0 aliphatic carbocycles. The second-order valence-corrected chi connectivity index (χ2v) is 7.34. The van der Waals surface area contributed by atoms with Crippen molar-refractivity contribution < 1.29 is 0 Å². The van der Waals surface area contributed by atoms with Crippen LogP contribution in [0.1, 0.15) is 55.5 Å². The van der Waals surface area contributed by atoms with E-state index in [9.17, 15) is 0 Å². The van der Waals surface area contributed by atoms with E-state index >= 15 is 0 Å². The Morgan fingerprint density at radius 2 is 1.74 bits per heavy atom. The van der Waals surface area contributed by atoms with Crippen molar-refractivity contribution >= 4 is 28.9 Å². The minimum Gasteiger partial charge on any atom is -0.267 e. The van der Waals surface area contributed by atoms with Crippen molar-refractivity contribution in [2.45, 2.75) is 53.9 Å².